The second-order valence-corrected chi connectivity index (χ2v) is 9.20. The van der Waals surface area contributed by atoms with E-state index in [2.05, 4.69) is 46.3 Å². The number of aliphatic hydroxyl groups is 1. The van der Waals surface area contributed by atoms with E-state index in [1.807, 2.05) is 35.2 Å². The Bertz CT molecular complexity index is 991. The maximum Gasteiger partial charge on any atom is 0.321 e. The highest BCUT2D eigenvalue weighted by Crippen LogP contribution is 2.42. The molecule has 0 unspecified atom stereocenters. The fourth-order valence-corrected chi connectivity index (χ4v) is 5.05. The van der Waals surface area contributed by atoms with Gasteiger partial charge in [0.2, 0.25) is 0 Å². The molecule has 0 bridgehead atoms. The van der Waals surface area contributed by atoms with Crippen molar-refractivity contribution in [3.05, 3.63) is 65.7 Å². The van der Waals surface area contributed by atoms with Gasteiger partial charge in [-0.2, -0.15) is 0 Å². The van der Waals surface area contributed by atoms with Gasteiger partial charge in [0.05, 0.1) is 6.61 Å². The molecule has 0 aromatic heterocycles. The van der Waals surface area contributed by atoms with Crippen molar-refractivity contribution in [1.29, 1.82) is 0 Å². The number of nitrogens with one attached hydrogen (secondary N) is 1. The van der Waals surface area contributed by atoms with Gasteiger partial charge in [0.25, 0.3) is 0 Å². The molecule has 5 nitrogen and oxygen atoms in total. The zero-order valence-electron chi connectivity index (χ0n) is 18.4. The van der Waals surface area contributed by atoms with Crippen molar-refractivity contribution in [2.24, 2.45) is 5.92 Å². The predicted octanol–water partition coefficient (Wildman–Crippen LogP) is 3.90. The van der Waals surface area contributed by atoms with Crippen molar-refractivity contribution in [2.45, 2.75) is 43.7 Å². The Kier molecular flexibility index (Phi) is 6.16. The summed E-state index contributed by atoms with van der Waals surface area (Å²) >= 11 is 0. The van der Waals surface area contributed by atoms with Crippen LogP contribution in [0.2, 0.25) is 0 Å². The summed E-state index contributed by atoms with van der Waals surface area (Å²) < 4.78 is 0. The minimum Gasteiger partial charge on any atom is -0.395 e. The highest BCUT2D eigenvalue weighted by molar-refractivity contribution is 5.89. The normalized spacial score (nSPS) is 25.4. The van der Waals surface area contributed by atoms with Crippen molar-refractivity contribution >= 4 is 11.7 Å². The van der Waals surface area contributed by atoms with Crippen LogP contribution in [0.5, 0.6) is 0 Å². The Morgan fingerprint density at radius 3 is 2.50 bits per heavy atom. The van der Waals surface area contributed by atoms with Crippen molar-refractivity contribution in [1.82, 2.24) is 9.80 Å². The number of carbonyl (C=O) groups is 1. The van der Waals surface area contributed by atoms with Gasteiger partial charge in [-0.25, -0.2) is 4.79 Å². The fourth-order valence-electron chi connectivity index (χ4n) is 5.05. The second-order valence-electron chi connectivity index (χ2n) is 9.20. The van der Waals surface area contributed by atoms with Gasteiger partial charge >= 0.3 is 6.03 Å². The van der Waals surface area contributed by atoms with Crippen LogP contribution in [-0.4, -0.2) is 59.3 Å². The molecule has 2 aromatic rings. The third kappa shape index (κ3) is 4.53. The first-order valence-corrected chi connectivity index (χ1v) is 11.8. The minimum atomic E-state index is -0.0463. The van der Waals surface area contributed by atoms with E-state index in [0.717, 1.165) is 37.2 Å². The van der Waals surface area contributed by atoms with Crippen LogP contribution in [0.25, 0.3) is 0 Å². The number of urea groups is 1. The first-order valence-electron chi connectivity index (χ1n) is 11.8. The third-order valence-electron chi connectivity index (χ3n) is 6.98. The second kappa shape index (κ2) is 9.36. The number of benzene rings is 2. The van der Waals surface area contributed by atoms with Gasteiger partial charge < -0.3 is 15.3 Å². The van der Waals surface area contributed by atoms with Gasteiger partial charge in [-0.05, 0) is 62.1 Å². The third-order valence-corrected chi connectivity index (χ3v) is 6.98. The molecule has 3 atom stereocenters. The van der Waals surface area contributed by atoms with Gasteiger partial charge in [0, 0.05) is 48.3 Å². The van der Waals surface area contributed by atoms with Crippen molar-refractivity contribution in [3.63, 3.8) is 0 Å². The van der Waals surface area contributed by atoms with E-state index in [1.54, 1.807) is 0 Å². The van der Waals surface area contributed by atoms with E-state index in [0.29, 0.717) is 12.5 Å². The predicted molar refractivity (Wildman–Crippen MR) is 126 cm³/mol. The average Bonchev–Trinajstić information content (AvgIpc) is 3.63. The Labute approximate surface area is 190 Å². The molecule has 0 radical (unpaired) electrons. The maximum atomic E-state index is 13.0. The average molecular weight is 430 g/mol. The molecule has 5 heteroatoms. The quantitative estimate of drug-likeness (QED) is 0.728. The molecule has 3 aliphatic rings. The van der Waals surface area contributed by atoms with E-state index in [-0.39, 0.29) is 30.6 Å². The minimum absolute atomic E-state index is 0.0463. The maximum absolute atomic E-state index is 13.0. The molecule has 5 rings (SSSR count). The van der Waals surface area contributed by atoms with Crippen molar-refractivity contribution in [3.8, 4) is 11.8 Å². The first kappa shape index (κ1) is 21.1. The summed E-state index contributed by atoms with van der Waals surface area (Å²) in [5.41, 5.74) is 3.10. The van der Waals surface area contributed by atoms with Gasteiger partial charge in [-0.3, -0.25) is 4.90 Å². The number of carbonyl (C=O) groups excluding carboxylic acids is 1. The van der Waals surface area contributed by atoms with Gasteiger partial charge in [-0.15, -0.1) is 0 Å². The summed E-state index contributed by atoms with van der Waals surface area (Å²) in [7, 11) is 0. The van der Waals surface area contributed by atoms with Crippen LogP contribution in [0.15, 0.2) is 54.6 Å². The SMILES string of the molecule is O=C(Nc1ccccc1)N1CCCCN2[C@H](CO)[C@@H](c3ccc(C#CC4CC4)cc3)[C@@H]2C1. The molecule has 2 heterocycles. The lowest BCUT2D eigenvalue weighted by Gasteiger charge is -2.57. The number of para-hydroxylation sites is 1. The molecule has 2 amide bonds. The molecule has 3 fully saturated rings. The molecule has 32 heavy (non-hydrogen) atoms. The van der Waals surface area contributed by atoms with E-state index in [9.17, 15) is 9.90 Å². The monoisotopic (exact) mass is 429 g/mol. The molecule has 2 N–H and O–H groups in total. The molecular weight excluding hydrogens is 398 g/mol. The molecule has 166 valence electrons. The first-order chi connectivity index (χ1) is 15.7. The van der Waals surface area contributed by atoms with Crippen LogP contribution >= 0.6 is 0 Å². The lowest BCUT2D eigenvalue weighted by molar-refractivity contribution is -0.0585. The topological polar surface area (TPSA) is 55.8 Å². The molecule has 2 saturated heterocycles. The van der Waals surface area contributed by atoms with Crippen molar-refractivity contribution in [2.75, 3.05) is 31.6 Å². The van der Waals surface area contributed by atoms with Crippen LogP contribution in [-0.2, 0) is 0 Å². The fraction of sp³-hybridized carbons (Fsp3) is 0.444. The number of fused-ring (bicyclic) bond motifs is 1. The molecule has 2 aromatic carbocycles. The zero-order chi connectivity index (χ0) is 21.9. The Morgan fingerprint density at radius 1 is 1.03 bits per heavy atom. The number of amides is 2. The van der Waals surface area contributed by atoms with Gasteiger partial charge in [-0.1, -0.05) is 42.2 Å². The van der Waals surface area contributed by atoms with Gasteiger partial charge in [0.1, 0.15) is 0 Å². The number of anilines is 1. The number of aliphatic hydroxyl groups excluding tert-OH is 1. The lowest BCUT2D eigenvalue weighted by atomic mass is 9.74. The van der Waals surface area contributed by atoms with E-state index >= 15 is 0 Å². The van der Waals surface area contributed by atoms with Crippen LogP contribution in [0.1, 0.15) is 42.7 Å². The van der Waals surface area contributed by atoms with Crippen molar-refractivity contribution < 1.29 is 9.90 Å². The standard InChI is InChI=1S/C27H31N3O2/c31-19-25-26(22-14-12-21(13-15-22)11-10-20-8-9-20)24-18-29(16-4-5-17-30(24)25)27(32)28-23-6-2-1-3-7-23/h1-3,6-7,12-15,20,24-26,31H,4-5,8-9,16-19H2,(H,28,32)/t24-,25+,26-/m0/s1. The number of rotatable bonds is 3. The summed E-state index contributed by atoms with van der Waals surface area (Å²) in [6, 6.07) is 18.4. The Morgan fingerprint density at radius 2 is 1.78 bits per heavy atom. The highest BCUT2D eigenvalue weighted by atomic mass is 16.3. The van der Waals surface area contributed by atoms with E-state index in [1.165, 1.54) is 18.4 Å². The largest absolute Gasteiger partial charge is 0.395 e. The summed E-state index contributed by atoms with van der Waals surface area (Å²) in [4.78, 5) is 17.4. The molecular formula is C27H31N3O2. The number of nitrogens with zero attached hydrogens (tertiary/aromatic N) is 2. The summed E-state index contributed by atoms with van der Waals surface area (Å²) in [5, 5.41) is 13.2. The summed E-state index contributed by atoms with van der Waals surface area (Å²) in [5.74, 6) is 7.41. The van der Waals surface area contributed by atoms with Crippen LogP contribution in [0, 0.1) is 17.8 Å². The van der Waals surface area contributed by atoms with Gasteiger partial charge in [0.15, 0.2) is 0 Å². The lowest BCUT2D eigenvalue weighted by Crippen LogP contribution is -2.68. The van der Waals surface area contributed by atoms with E-state index < -0.39 is 0 Å². The van der Waals surface area contributed by atoms with E-state index in [4.69, 9.17) is 0 Å². The Hall–Kier alpha value is -2.81. The molecule has 0 spiro atoms. The summed E-state index contributed by atoms with van der Waals surface area (Å²) in [6.45, 7) is 2.55. The molecule has 1 aliphatic carbocycles. The number of hydrogen-bond donors (Lipinski definition) is 2. The highest BCUT2D eigenvalue weighted by Gasteiger charge is 2.49. The van der Waals surface area contributed by atoms with Crippen LogP contribution < -0.4 is 5.32 Å². The Balaban J connectivity index is 1.32. The number of hydrogen-bond acceptors (Lipinski definition) is 3. The smallest absolute Gasteiger partial charge is 0.321 e. The molecule has 2 aliphatic heterocycles. The zero-order valence-corrected chi connectivity index (χ0v) is 18.4. The summed E-state index contributed by atoms with van der Waals surface area (Å²) in [6.07, 6.45) is 4.47. The van der Waals surface area contributed by atoms with Crippen LogP contribution in [0.4, 0.5) is 10.5 Å². The van der Waals surface area contributed by atoms with Crippen LogP contribution in [0.3, 0.4) is 0 Å². The molecule has 1 saturated carbocycles.